The molecule has 20 heavy (non-hydrogen) atoms. The van der Waals surface area contributed by atoms with E-state index in [1.54, 1.807) is 7.05 Å². The summed E-state index contributed by atoms with van der Waals surface area (Å²) in [5.41, 5.74) is 0. The van der Waals surface area contributed by atoms with E-state index < -0.39 is 0 Å². The van der Waals surface area contributed by atoms with Crippen LogP contribution in [0, 0.1) is 0 Å². The number of carbonyl (C=O) groups is 1. The first kappa shape index (κ1) is 13.7. The second-order valence-electron chi connectivity index (χ2n) is 4.86. The Morgan fingerprint density at radius 3 is 3.20 bits per heavy atom. The first-order valence-electron chi connectivity index (χ1n) is 6.77. The van der Waals surface area contributed by atoms with Gasteiger partial charge >= 0.3 is 0 Å². The van der Waals surface area contributed by atoms with Crippen molar-refractivity contribution in [1.82, 2.24) is 15.1 Å². The Hall–Kier alpha value is -1.25. The monoisotopic (exact) mass is 298 g/mol. The number of fused-ring (bicyclic) bond motifs is 1. The van der Waals surface area contributed by atoms with Crippen molar-refractivity contribution in [3.8, 4) is 0 Å². The van der Waals surface area contributed by atoms with E-state index in [0.717, 1.165) is 16.6 Å². The molecule has 0 bridgehead atoms. The number of ether oxygens (including phenoxy) is 2. The maximum Gasteiger partial charge on any atom is 0.229 e. The zero-order valence-corrected chi connectivity index (χ0v) is 12.2. The summed E-state index contributed by atoms with van der Waals surface area (Å²) in [7, 11) is 1.79. The van der Waals surface area contributed by atoms with Crippen LogP contribution in [0.1, 0.15) is 11.4 Å². The molecule has 1 amide bonds. The normalized spacial score (nSPS) is 26.1. The maximum absolute atomic E-state index is 12.5. The van der Waals surface area contributed by atoms with Crippen LogP contribution in [0.4, 0.5) is 5.13 Å². The molecule has 2 aliphatic rings. The van der Waals surface area contributed by atoms with Gasteiger partial charge in [0.05, 0.1) is 25.7 Å². The molecular weight excluding hydrogens is 280 g/mol. The minimum Gasteiger partial charge on any atom is -0.379 e. The highest BCUT2D eigenvalue weighted by Crippen LogP contribution is 2.23. The standard InChI is InChI=1S/C12H18N4O3S/c1-13-12-15-14-10(20-12)6-11(17)16-3-5-19-9-7-18-4-2-8(9)16/h8-9H,2-7H2,1H3,(H,13,15)/t8-,9+/m0/s1. The molecule has 1 aromatic heterocycles. The van der Waals surface area contributed by atoms with Gasteiger partial charge in [-0.05, 0) is 6.42 Å². The van der Waals surface area contributed by atoms with Gasteiger partial charge in [0.2, 0.25) is 11.0 Å². The number of carbonyl (C=O) groups excluding carboxylic acids is 1. The van der Waals surface area contributed by atoms with Gasteiger partial charge in [-0.2, -0.15) is 0 Å². The third-order valence-electron chi connectivity index (χ3n) is 3.64. The zero-order chi connectivity index (χ0) is 13.9. The van der Waals surface area contributed by atoms with Gasteiger partial charge in [-0.1, -0.05) is 11.3 Å². The number of anilines is 1. The highest BCUT2D eigenvalue weighted by Gasteiger charge is 2.37. The van der Waals surface area contributed by atoms with E-state index in [0.29, 0.717) is 32.8 Å². The molecule has 2 atom stereocenters. The molecule has 2 aliphatic heterocycles. The lowest BCUT2D eigenvalue weighted by atomic mass is 10.0. The lowest BCUT2D eigenvalue weighted by Crippen LogP contribution is -2.57. The molecule has 8 heteroatoms. The van der Waals surface area contributed by atoms with Crippen molar-refractivity contribution >= 4 is 22.4 Å². The Morgan fingerprint density at radius 1 is 1.50 bits per heavy atom. The summed E-state index contributed by atoms with van der Waals surface area (Å²) in [6, 6.07) is 0.140. The second-order valence-corrected chi connectivity index (χ2v) is 5.92. The number of morpholine rings is 1. The summed E-state index contributed by atoms with van der Waals surface area (Å²) < 4.78 is 11.1. The number of hydrogen-bond acceptors (Lipinski definition) is 7. The van der Waals surface area contributed by atoms with Crippen LogP contribution in [-0.2, 0) is 20.7 Å². The average molecular weight is 298 g/mol. The van der Waals surface area contributed by atoms with Crippen LogP contribution >= 0.6 is 11.3 Å². The van der Waals surface area contributed by atoms with Gasteiger partial charge in [0, 0.05) is 20.2 Å². The van der Waals surface area contributed by atoms with Crippen molar-refractivity contribution in [2.45, 2.75) is 25.0 Å². The van der Waals surface area contributed by atoms with Crippen LogP contribution < -0.4 is 5.32 Å². The molecule has 1 N–H and O–H groups in total. The quantitative estimate of drug-likeness (QED) is 0.855. The molecule has 110 valence electrons. The van der Waals surface area contributed by atoms with Crippen molar-refractivity contribution in [2.24, 2.45) is 0 Å². The molecule has 7 nitrogen and oxygen atoms in total. The number of hydrogen-bond donors (Lipinski definition) is 1. The van der Waals surface area contributed by atoms with Crippen molar-refractivity contribution in [3.05, 3.63) is 5.01 Å². The van der Waals surface area contributed by atoms with Gasteiger partial charge in [-0.3, -0.25) is 4.79 Å². The van der Waals surface area contributed by atoms with Gasteiger partial charge in [0.1, 0.15) is 11.1 Å². The molecule has 0 aromatic carbocycles. The van der Waals surface area contributed by atoms with Crippen molar-refractivity contribution in [2.75, 3.05) is 38.7 Å². The van der Waals surface area contributed by atoms with E-state index in [1.807, 2.05) is 4.90 Å². The summed E-state index contributed by atoms with van der Waals surface area (Å²) in [5, 5.41) is 12.4. The predicted octanol–water partition coefficient (Wildman–Crippen LogP) is 0.139. The predicted molar refractivity (Wildman–Crippen MR) is 73.8 cm³/mol. The van der Waals surface area contributed by atoms with Crippen LogP contribution in [-0.4, -0.2) is 66.6 Å². The van der Waals surface area contributed by atoms with E-state index in [1.165, 1.54) is 11.3 Å². The highest BCUT2D eigenvalue weighted by atomic mass is 32.1. The largest absolute Gasteiger partial charge is 0.379 e. The molecule has 2 saturated heterocycles. The first-order valence-corrected chi connectivity index (χ1v) is 7.58. The fourth-order valence-electron chi connectivity index (χ4n) is 2.65. The molecule has 0 aliphatic carbocycles. The lowest BCUT2D eigenvalue weighted by Gasteiger charge is -2.43. The molecule has 3 heterocycles. The van der Waals surface area contributed by atoms with Crippen LogP contribution in [0.2, 0.25) is 0 Å². The second kappa shape index (κ2) is 6.02. The molecule has 0 radical (unpaired) electrons. The lowest BCUT2D eigenvalue weighted by molar-refractivity contribution is -0.161. The SMILES string of the molecule is CNc1nnc(CC(=O)N2CCO[C@@H]3COCC[C@@H]32)s1. The Bertz CT molecular complexity index is 479. The summed E-state index contributed by atoms with van der Waals surface area (Å²) in [6.07, 6.45) is 1.17. The zero-order valence-electron chi connectivity index (χ0n) is 11.4. The summed E-state index contributed by atoms with van der Waals surface area (Å²) >= 11 is 1.42. The topological polar surface area (TPSA) is 76.6 Å². The molecule has 3 rings (SSSR count). The minimum atomic E-state index is 0.0174. The van der Waals surface area contributed by atoms with E-state index in [2.05, 4.69) is 15.5 Å². The molecule has 1 aromatic rings. The molecule has 0 unspecified atom stereocenters. The maximum atomic E-state index is 12.5. The van der Waals surface area contributed by atoms with Gasteiger partial charge < -0.3 is 19.7 Å². The Morgan fingerprint density at radius 2 is 2.40 bits per heavy atom. The van der Waals surface area contributed by atoms with E-state index in [9.17, 15) is 4.79 Å². The summed E-state index contributed by atoms with van der Waals surface area (Å²) in [4.78, 5) is 14.4. The van der Waals surface area contributed by atoms with Crippen LogP contribution in [0.15, 0.2) is 0 Å². The van der Waals surface area contributed by atoms with Gasteiger partial charge in [0.15, 0.2) is 0 Å². The summed E-state index contributed by atoms with van der Waals surface area (Å²) in [6.45, 7) is 2.50. The number of aromatic nitrogens is 2. The molecule has 0 saturated carbocycles. The Labute approximate surface area is 121 Å². The molecule has 0 spiro atoms. The van der Waals surface area contributed by atoms with E-state index >= 15 is 0 Å². The Balaban J connectivity index is 1.66. The molecule has 2 fully saturated rings. The minimum absolute atomic E-state index is 0.0174. The van der Waals surface area contributed by atoms with Crippen LogP contribution in [0.5, 0.6) is 0 Å². The number of amides is 1. The van der Waals surface area contributed by atoms with Crippen molar-refractivity contribution in [3.63, 3.8) is 0 Å². The van der Waals surface area contributed by atoms with Crippen molar-refractivity contribution < 1.29 is 14.3 Å². The number of nitrogens with one attached hydrogen (secondary N) is 1. The number of rotatable bonds is 3. The molecular formula is C12H18N4O3S. The third kappa shape index (κ3) is 2.77. The van der Waals surface area contributed by atoms with E-state index in [-0.39, 0.29) is 18.1 Å². The van der Waals surface area contributed by atoms with Crippen molar-refractivity contribution in [1.29, 1.82) is 0 Å². The third-order valence-corrected chi connectivity index (χ3v) is 4.58. The average Bonchev–Trinajstić information content (AvgIpc) is 2.94. The fraction of sp³-hybridized carbons (Fsp3) is 0.750. The number of nitrogens with zero attached hydrogens (tertiary/aromatic N) is 3. The highest BCUT2D eigenvalue weighted by molar-refractivity contribution is 7.15. The van der Waals surface area contributed by atoms with Crippen LogP contribution in [0.25, 0.3) is 0 Å². The Kier molecular flexibility index (Phi) is 4.13. The first-order chi connectivity index (χ1) is 9.78. The van der Waals surface area contributed by atoms with Gasteiger partial charge in [-0.15, -0.1) is 10.2 Å². The van der Waals surface area contributed by atoms with E-state index in [4.69, 9.17) is 9.47 Å². The smallest absolute Gasteiger partial charge is 0.229 e. The van der Waals surface area contributed by atoms with Gasteiger partial charge in [-0.25, -0.2) is 0 Å². The summed E-state index contributed by atoms with van der Waals surface area (Å²) in [5.74, 6) is 0.101. The van der Waals surface area contributed by atoms with Gasteiger partial charge in [0.25, 0.3) is 0 Å². The fourth-order valence-corrected chi connectivity index (χ4v) is 3.34. The van der Waals surface area contributed by atoms with Crippen LogP contribution in [0.3, 0.4) is 0 Å².